The van der Waals surface area contributed by atoms with Gasteiger partial charge in [0.15, 0.2) is 0 Å². The number of allylic oxidation sites excluding steroid dienone is 1. The molecule has 3 fully saturated rings. The highest BCUT2D eigenvalue weighted by Gasteiger charge is 2.72. The summed E-state index contributed by atoms with van der Waals surface area (Å²) in [5.41, 5.74) is 0.787. The molecule has 0 unspecified atom stereocenters. The van der Waals surface area contributed by atoms with Crippen LogP contribution in [0.5, 0.6) is 0 Å². The Bertz CT molecular complexity index is 1400. The number of pyridine rings is 1. The van der Waals surface area contributed by atoms with Crippen LogP contribution in [0.3, 0.4) is 0 Å². The summed E-state index contributed by atoms with van der Waals surface area (Å²) in [6.07, 6.45) is 11.5. The van der Waals surface area contributed by atoms with Crippen molar-refractivity contribution < 1.29 is 18.3 Å². The van der Waals surface area contributed by atoms with Gasteiger partial charge in [0, 0.05) is 42.9 Å². The third-order valence-electron chi connectivity index (χ3n) is 10.8. The Kier molecular flexibility index (Phi) is 6.32. The number of aromatic nitrogens is 1. The molecule has 1 spiro atoms. The van der Waals surface area contributed by atoms with Gasteiger partial charge in [-0.15, -0.1) is 0 Å². The van der Waals surface area contributed by atoms with E-state index in [1.54, 1.807) is 22.8 Å². The molecule has 8 heteroatoms. The van der Waals surface area contributed by atoms with Gasteiger partial charge in [0.25, 0.3) is 0 Å². The first-order valence-corrected chi connectivity index (χ1v) is 15.8. The second-order valence-corrected chi connectivity index (χ2v) is 14.8. The van der Waals surface area contributed by atoms with Crippen LogP contribution in [0.2, 0.25) is 0 Å². The molecule has 208 valence electrons. The summed E-state index contributed by atoms with van der Waals surface area (Å²) in [6, 6.07) is 12.0. The molecule has 4 aliphatic rings. The van der Waals surface area contributed by atoms with Gasteiger partial charge in [-0.05, 0) is 66.2 Å². The molecule has 2 aromatic rings. The van der Waals surface area contributed by atoms with Crippen molar-refractivity contribution in [2.45, 2.75) is 63.4 Å². The molecular formula is C31H39N3O4S. The van der Waals surface area contributed by atoms with E-state index >= 15 is 0 Å². The molecule has 2 heterocycles. The van der Waals surface area contributed by atoms with Crippen molar-refractivity contribution >= 4 is 22.0 Å². The van der Waals surface area contributed by atoms with Gasteiger partial charge in [-0.3, -0.25) is 9.78 Å². The number of sulfonamides is 1. The Morgan fingerprint density at radius 3 is 2.62 bits per heavy atom. The van der Waals surface area contributed by atoms with E-state index in [0.717, 1.165) is 24.8 Å². The van der Waals surface area contributed by atoms with Crippen molar-refractivity contribution in [3.8, 4) is 0 Å². The van der Waals surface area contributed by atoms with Crippen LogP contribution >= 0.6 is 0 Å². The molecule has 39 heavy (non-hydrogen) atoms. The number of rotatable bonds is 7. The van der Waals surface area contributed by atoms with E-state index in [2.05, 4.69) is 54.5 Å². The van der Waals surface area contributed by atoms with Crippen molar-refractivity contribution in [3.63, 3.8) is 0 Å². The zero-order valence-electron chi connectivity index (χ0n) is 22.9. The van der Waals surface area contributed by atoms with E-state index in [1.165, 1.54) is 11.1 Å². The molecule has 2 N–H and O–H groups in total. The Labute approximate surface area is 231 Å². The summed E-state index contributed by atoms with van der Waals surface area (Å²) in [6.45, 7) is 5.23. The minimum atomic E-state index is -3.64. The number of nitrogens with one attached hydrogen (secondary N) is 1. The Balaban J connectivity index is 1.18. The number of piperidine rings is 1. The topological polar surface area (TPSA) is 99.6 Å². The quantitative estimate of drug-likeness (QED) is 0.549. The summed E-state index contributed by atoms with van der Waals surface area (Å²) in [7, 11) is -3.64. The van der Waals surface area contributed by atoms with E-state index in [-0.39, 0.29) is 41.4 Å². The van der Waals surface area contributed by atoms with Crippen LogP contribution in [-0.4, -0.2) is 59.7 Å². The van der Waals surface area contributed by atoms with E-state index in [1.807, 2.05) is 12.1 Å². The maximum absolute atomic E-state index is 14.0. The third kappa shape index (κ3) is 4.18. The zero-order chi connectivity index (χ0) is 27.5. The maximum atomic E-state index is 14.0. The van der Waals surface area contributed by atoms with Crippen LogP contribution in [0.25, 0.3) is 6.08 Å². The highest BCUT2D eigenvalue weighted by molar-refractivity contribution is 7.89. The predicted molar refractivity (Wildman–Crippen MR) is 151 cm³/mol. The molecule has 7 nitrogen and oxygen atoms in total. The highest BCUT2D eigenvalue weighted by Crippen LogP contribution is 2.70. The fourth-order valence-electron chi connectivity index (χ4n) is 8.35. The molecule has 6 rings (SSSR count). The lowest BCUT2D eigenvalue weighted by Gasteiger charge is -2.49. The van der Waals surface area contributed by atoms with Crippen LogP contribution in [0.4, 0.5) is 0 Å². The van der Waals surface area contributed by atoms with Crippen molar-refractivity contribution in [2.75, 3.05) is 25.4 Å². The molecule has 1 aromatic carbocycles. The van der Waals surface area contributed by atoms with Gasteiger partial charge in [-0.25, -0.2) is 12.7 Å². The van der Waals surface area contributed by atoms with E-state index in [0.29, 0.717) is 25.9 Å². The number of carbonyl (C=O) groups is 1. The van der Waals surface area contributed by atoms with Gasteiger partial charge < -0.3 is 10.4 Å². The molecule has 2 saturated carbocycles. The monoisotopic (exact) mass is 549 g/mol. The molecule has 3 aliphatic carbocycles. The summed E-state index contributed by atoms with van der Waals surface area (Å²) in [4.78, 5) is 16.8. The average Bonchev–Trinajstić information content (AvgIpc) is 3.44. The molecule has 3 atom stereocenters. The zero-order valence-corrected chi connectivity index (χ0v) is 23.7. The largest absolute Gasteiger partial charge is 0.387 e. The number of hydrogen-bond acceptors (Lipinski definition) is 5. The smallest absolute Gasteiger partial charge is 0.224 e. The van der Waals surface area contributed by atoms with Crippen LogP contribution < -0.4 is 5.32 Å². The van der Waals surface area contributed by atoms with Crippen molar-refractivity contribution in [1.82, 2.24) is 14.6 Å². The van der Waals surface area contributed by atoms with Gasteiger partial charge >= 0.3 is 0 Å². The van der Waals surface area contributed by atoms with E-state index < -0.39 is 21.0 Å². The second-order valence-electron chi connectivity index (χ2n) is 12.8. The SMILES string of the molecule is CC1(C)[C@@H]2CC[C@@]1(CS(=O)(=O)N1CCC3(C=Cc4ccccc43)CC1)[C@](O)(CNC(=O)Cc1cccnc1)C2. The summed E-state index contributed by atoms with van der Waals surface area (Å²) < 4.78 is 29.7. The van der Waals surface area contributed by atoms with Crippen LogP contribution in [-0.2, 0) is 26.7 Å². The molecule has 0 radical (unpaired) electrons. The van der Waals surface area contributed by atoms with Crippen LogP contribution in [0, 0.1) is 16.7 Å². The van der Waals surface area contributed by atoms with Gasteiger partial charge in [0.05, 0.1) is 17.8 Å². The van der Waals surface area contributed by atoms with Gasteiger partial charge in [0.2, 0.25) is 15.9 Å². The first-order valence-electron chi connectivity index (χ1n) is 14.2. The molecule has 1 amide bonds. The standard InChI is InChI=1S/C31H39N3O4S/c1-28(2)25-10-12-30(28,31(36,19-25)21-33-27(35)18-23-6-5-15-32-20-23)22-39(37,38)34-16-13-29(14-17-34)11-9-24-7-3-4-8-26(24)29/h3-9,11,15,20,25,36H,10,12-14,16-19,21-22H2,1-2H3,(H,33,35)/t25-,30+,31-/m1/s1. The predicted octanol–water partition coefficient (Wildman–Crippen LogP) is 3.69. The minimum absolute atomic E-state index is 0.0617. The lowest BCUT2D eigenvalue weighted by molar-refractivity contribution is -0.125. The van der Waals surface area contributed by atoms with Crippen LogP contribution in [0.1, 0.15) is 62.6 Å². The van der Waals surface area contributed by atoms with Crippen molar-refractivity contribution in [2.24, 2.45) is 16.7 Å². The van der Waals surface area contributed by atoms with E-state index in [4.69, 9.17) is 0 Å². The first-order chi connectivity index (χ1) is 18.5. The number of fused-ring (bicyclic) bond motifs is 4. The summed E-state index contributed by atoms with van der Waals surface area (Å²) in [5, 5.41) is 15.0. The van der Waals surface area contributed by atoms with Crippen LogP contribution in [0.15, 0.2) is 54.9 Å². The number of benzene rings is 1. The Hall–Kier alpha value is -2.55. The number of aliphatic hydroxyl groups is 1. The second kappa shape index (κ2) is 9.25. The Morgan fingerprint density at radius 2 is 1.90 bits per heavy atom. The first kappa shape index (κ1) is 26.7. The number of amides is 1. The van der Waals surface area contributed by atoms with Gasteiger partial charge in [-0.2, -0.15) is 0 Å². The van der Waals surface area contributed by atoms with Crippen molar-refractivity contribution in [1.29, 1.82) is 0 Å². The average molecular weight is 550 g/mol. The van der Waals surface area contributed by atoms with Crippen molar-refractivity contribution in [3.05, 3.63) is 71.6 Å². The maximum Gasteiger partial charge on any atom is 0.224 e. The number of hydrogen-bond donors (Lipinski definition) is 2. The minimum Gasteiger partial charge on any atom is -0.387 e. The van der Waals surface area contributed by atoms with Gasteiger partial charge in [0.1, 0.15) is 0 Å². The molecule has 1 aliphatic heterocycles. The van der Waals surface area contributed by atoms with Gasteiger partial charge in [-0.1, -0.05) is 56.3 Å². The summed E-state index contributed by atoms with van der Waals surface area (Å²) >= 11 is 0. The lowest BCUT2D eigenvalue weighted by Crippen LogP contribution is -2.60. The molecule has 2 bridgehead atoms. The normalized spacial score (nSPS) is 30.5. The third-order valence-corrected chi connectivity index (χ3v) is 12.8. The molecule has 1 aromatic heterocycles. The number of carbonyl (C=O) groups excluding carboxylic acids is 1. The molecular weight excluding hydrogens is 510 g/mol. The highest BCUT2D eigenvalue weighted by atomic mass is 32.2. The summed E-state index contributed by atoms with van der Waals surface area (Å²) in [5.74, 6) is -0.0586. The fraction of sp³-hybridized carbons (Fsp3) is 0.548. The van der Waals surface area contributed by atoms with E-state index in [9.17, 15) is 18.3 Å². The Morgan fingerprint density at radius 1 is 1.13 bits per heavy atom. The lowest BCUT2D eigenvalue weighted by atomic mass is 9.64. The molecule has 1 saturated heterocycles. The fourth-order valence-corrected chi connectivity index (χ4v) is 10.7. The number of nitrogens with zero attached hydrogens (tertiary/aromatic N) is 2.